The van der Waals surface area contributed by atoms with E-state index in [1.807, 2.05) is 29.2 Å². The predicted octanol–water partition coefficient (Wildman–Crippen LogP) is 4.46. The third-order valence-electron chi connectivity index (χ3n) is 6.32. The molecule has 8 heteroatoms. The van der Waals surface area contributed by atoms with E-state index in [0.29, 0.717) is 13.1 Å². The van der Waals surface area contributed by atoms with Crippen LogP contribution in [0.1, 0.15) is 37.0 Å². The molecule has 1 aliphatic carbocycles. The molecule has 1 saturated carbocycles. The summed E-state index contributed by atoms with van der Waals surface area (Å²) < 4.78 is 24.8. The molecule has 0 atom stereocenters. The fraction of sp³-hybridized carbons (Fsp3) is 0.522. The summed E-state index contributed by atoms with van der Waals surface area (Å²) in [5, 5.41) is 0.538. The van der Waals surface area contributed by atoms with Gasteiger partial charge in [-0.1, -0.05) is 42.6 Å². The summed E-state index contributed by atoms with van der Waals surface area (Å²) in [6.45, 7) is 3.78. The van der Waals surface area contributed by atoms with Gasteiger partial charge in [0.2, 0.25) is 5.91 Å². The summed E-state index contributed by atoms with van der Waals surface area (Å²) in [5.41, 5.74) is 1.06. The van der Waals surface area contributed by atoms with E-state index in [0.717, 1.165) is 60.8 Å². The van der Waals surface area contributed by atoms with Gasteiger partial charge in [0.05, 0.1) is 11.0 Å². The molecule has 1 aromatic heterocycles. The van der Waals surface area contributed by atoms with E-state index in [4.69, 9.17) is 11.6 Å². The van der Waals surface area contributed by atoms with Crippen LogP contribution in [0.15, 0.2) is 36.4 Å². The van der Waals surface area contributed by atoms with Crippen LogP contribution in [0.2, 0.25) is 5.02 Å². The first-order chi connectivity index (χ1) is 14.9. The second kappa shape index (κ2) is 10.0. The van der Waals surface area contributed by atoms with E-state index in [1.165, 1.54) is 4.88 Å². The van der Waals surface area contributed by atoms with Crippen molar-refractivity contribution in [1.82, 2.24) is 9.80 Å². The highest BCUT2D eigenvalue weighted by molar-refractivity contribution is 7.92. The average Bonchev–Trinajstić information content (AvgIpc) is 3.46. The molecule has 2 heterocycles. The van der Waals surface area contributed by atoms with Crippen molar-refractivity contribution < 1.29 is 13.2 Å². The lowest BCUT2D eigenvalue weighted by atomic mass is 10.2. The van der Waals surface area contributed by atoms with Crippen LogP contribution < -0.4 is 0 Å². The maximum absolute atomic E-state index is 12.5. The molecular weight excluding hydrogens is 452 g/mol. The smallest absolute Gasteiger partial charge is 0.223 e. The van der Waals surface area contributed by atoms with Gasteiger partial charge in [0.15, 0.2) is 9.84 Å². The Kier molecular flexibility index (Phi) is 7.37. The number of carbonyl (C=O) groups excluding carboxylic acids is 1. The number of hydrogen-bond donors (Lipinski definition) is 0. The first-order valence-electron chi connectivity index (χ1n) is 11.0. The molecule has 5 nitrogen and oxygen atoms in total. The second-order valence-electron chi connectivity index (χ2n) is 8.43. The number of amides is 1. The van der Waals surface area contributed by atoms with Gasteiger partial charge in [0.25, 0.3) is 0 Å². The molecule has 0 radical (unpaired) electrons. The molecule has 1 aliphatic heterocycles. The molecule has 1 amide bonds. The molecule has 1 saturated heterocycles. The van der Waals surface area contributed by atoms with Crippen molar-refractivity contribution >= 4 is 38.7 Å². The molecule has 0 unspecified atom stereocenters. The molecule has 4 rings (SSSR count). The van der Waals surface area contributed by atoms with Gasteiger partial charge >= 0.3 is 0 Å². The van der Waals surface area contributed by atoms with Crippen LogP contribution in [-0.4, -0.2) is 61.3 Å². The minimum absolute atomic E-state index is 0.00324. The minimum atomic E-state index is -3.13. The van der Waals surface area contributed by atoms with Crippen molar-refractivity contribution in [2.45, 2.75) is 43.9 Å². The van der Waals surface area contributed by atoms with E-state index >= 15 is 0 Å². The summed E-state index contributed by atoms with van der Waals surface area (Å²) >= 11 is 8.07. The third-order valence-corrected chi connectivity index (χ3v) is 10.0. The van der Waals surface area contributed by atoms with Gasteiger partial charge in [-0.05, 0) is 31.0 Å². The number of carbonyl (C=O) groups is 1. The van der Waals surface area contributed by atoms with Crippen LogP contribution in [0, 0.1) is 0 Å². The van der Waals surface area contributed by atoms with E-state index < -0.39 is 9.84 Å². The normalized spacial score (nSPS) is 18.5. The molecule has 2 aliphatic rings. The Balaban J connectivity index is 1.24. The summed E-state index contributed by atoms with van der Waals surface area (Å²) in [6.07, 6.45) is 3.62. The largest absolute Gasteiger partial charge is 0.340 e. The number of sulfone groups is 1. The number of halogens is 1. The zero-order chi connectivity index (χ0) is 21.8. The lowest BCUT2D eigenvalue weighted by Crippen LogP contribution is -2.48. The Labute approximate surface area is 193 Å². The fourth-order valence-electron chi connectivity index (χ4n) is 4.45. The Morgan fingerprint density at radius 2 is 1.74 bits per heavy atom. The lowest BCUT2D eigenvalue weighted by molar-refractivity contribution is -0.132. The molecule has 1 aromatic carbocycles. The van der Waals surface area contributed by atoms with Gasteiger partial charge in [0, 0.05) is 59.5 Å². The molecule has 31 heavy (non-hydrogen) atoms. The summed E-state index contributed by atoms with van der Waals surface area (Å²) in [7, 11) is -3.13. The van der Waals surface area contributed by atoms with Gasteiger partial charge in [0.1, 0.15) is 0 Å². The van der Waals surface area contributed by atoms with E-state index in [9.17, 15) is 13.2 Å². The van der Waals surface area contributed by atoms with Crippen LogP contribution in [0.5, 0.6) is 0 Å². The Hall–Kier alpha value is -1.41. The number of rotatable bonds is 7. The SMILES string of the molecule is O=C(CCS(=O)(=O)C1CCCC1)N1CCN(Cc2ccc(-c3ccccc3Cl)s2)CC1. The van der Waals surface area contributed by atoms with Gasteiger partial charge in [-0.25, -0.2) is 8.42 Å². The summed E-state index contributed by atoms with van der Waals surface area (Å²) in [6, 6.07) is 12.1. The Morgan fingerprint density at radius 3 is 2.45 bits per heavy atom. The van der Waals surface area contributed by atoms with Crippen molar-refractivity contribution in [2.24, 2.45) is 0 Å². The highest BCUT2D eigenvalue weighted by atomic mass is 35.5. The van der Waals surface area contributed by atoms with Crippen LogP contribution in [0.4, 0.5) is 0 Å². The molecule has 2 aromatic rings. The van der Waals surface area contributed by atoms with Gasteiger partial charge in [-0.15, -0.1) is 11.3 Å². The number of hydrogen-bond acceptors (Lipinski definition) is 5. The van der Waals surface area contributed by atoms with Crippen LogP contribution in [0.3, 0.4) is 0 Å². The molecule has 168 valence electrons. The Morgan fingerprint density at radius 1 is 1.03 bits per heavy atom. The van der Waals surface area contributed by atoms with E-state index in [1.54, 1.807) is 11.3 Å². The van der Waals surface area contributed by atoms with E-state index in [2.05, 4.69) is 17.0 Å². The number of thiophene rings is 1. The molecule has 2 fully saturated rings. The first kappa shape index (κ1) is 22.8. The number of benzene rings is 1. The highest BCUT2D eigenvalue weighted by Gasteiger charge is 2.30. The van der Waals surface area contributed by atoms with Crippen LogP contribution >= 0.6 is 22.9 Å². The zero-order valence-electron chi connectivity index (χ0n) is 17.6. The first-order valence-corrected chi connectivity index (χ1v) is 13.9. The van der Waals surface area contributed by atoms with Crippen molar-refractivity contribution in [3.63, 3.8) is 0 Å². The number of piperazine rings is 1. The predicted molar refractivity (Wildman–Crippen MR) is 127 cm³/mol. The van der Waals surface area contributed by atoms with Gasteiger partial charge in [-0.2, -0.15) is 0 Å². The third kappa shape index (κ3) is 5.69. The molecule has 0 bridgehead atoms. The lowest BCUT2D eigenvalue weighted by Gasteiger charge is -2.34. The molecule has 0 spiro atoms. The highest BCUT2D eigenvalue weighted by Crippen LogP contribution is 2.33. The average molecular weight is 481 g/mol. The zero-order valence-corrected chi connectivity index (χ0v) is 20.0. The monoisotopic (exact) mass is 480 g/mol. The molecule has 0 N–H and O–H groups in total. The topological polar surface area (TPSA) is 57.7 Å². The Bertz CT molecular complexity index is 1010. The van der Waals surface area contributed by atoms with Gasteiger partial charge in [-0.3, -0.25) is 9.69 Å². The number of nitrogens with zero attached hydrogens (tertiary/aromatic N) is 2. The standard InChI is InChI=1S/C23H29ClN2O3S2/c24-21-8-4-3-7-20(21)22-10-9-18(30-22)17-25-12-14-26(15-13-25)23(27)11-16-31(28,29)19-5-1-2-6-19/h3-4,7-10,19H,1-2,5-6,11-17H2. The van der Waals surface area contributed by atoms with Crippen LogP contribution in [-0.2, 0) is 21.2 Å². The van der Waals surface area contributed by atoms with E-state index in [-0.39, 0.29) is 23.3 Å². The maximum Gasteiger partial charge on any atom is 0.223 e. The summed E-state index contributed by atoms with van der Waals surface area (Å²) in [5.74, 6) is -0.0325. The molecular formula is C23H29ClN2O3S2. The second-order valence-corrected chi connectivity index (χ2v) is 12.4. The van der Waals surface area contributed by atoms with Crippen molar-refractivity contribution in [3.05, 3.63) is 46.3 Å². The summed E-state index contributed by atoms with van der Waals surface area (Å²) in [4.78, 5) is 19.2. The van der Waals surface area contributed by atoms with Crippen molar-refractivity contribution in [1.29, 1.82) is 0 Å². The fourth-order valence-corrected chi connectivity index (χ4v) is 7.67. The quantitative estimate of drug-likeness (QED) is 0.587. The van der Waals surface area contributed by atoms with Gasteiger partial charge < -0.3 is 4.90 Å². The van der Waals surface area contributed by atoms with Crippen LogP contribution in [0.25, 0.3) is 10.4 Å². The maximum atomic E-state index is 12.5. The minimum Gasteiger partial charge on any atom is -0.340 e. The van der Waals surface area contributed by atoms with Crippen molar-refractivity contribution in [2.75, 3.05) is 31.9 Å². The van der Waals surface area contributed by atoms with Crippen molar-refractivity contribution in [3.8, 4) is 10.4 Å².